The van der Waals surface area contributed by atoms with Gasteiger partial charge in [-0.05, 0) is 37.0 Å². The van der Waals surface area contributed by atoms with Crippen molar-refractivity contribution in [2.24, 2.45) is 5.92 Å². The minimum Gasteiger partial charge on any atom is -0.450 e. The molecule has 0 aliphatic carbocycles. The van der Waals surface area contributed by atoms with E-state index in [4.69, 9.17) is 4.74 Å². The third-order valence-corrected chi connectivity index (χ3v) is 4.53. The molecule has 1 aromatic carbocycles. The minimum atomic E-state index is -0.398. The van der Waals surface area contributed by atoms with Crippen molar-refractivity contribution < 1.29 is 9.53 Å². The molecule has 1 aromatic heterocycles. The van der Waals surface area contributed by atoms with Crippen LogP contribution in [0.25, 0.3) is 11.3 Å². The van der Waals surface area contributed by atoms with Crippen molar-refractivity contribution in [3.8, 4) is 11.3 Å². The Kier molecular flexibility index (Phi) is 7.05. The smallest absolute Gasteiger partial charge is 0.407 e. The Bertz CT molecular complexity index is 712. The number of halogens is 1. The average molecular weight is 408 g/mol. The van der Waals surface area contributed by atoms with E-state index in [1.165, 1.54) is 0 Å². The molecule has 25 heavy (non-hydrogen) atoms. The number of benzene rings is 1. The molecule has 1 atom stereocenters. The van der Waals surface area contributed by atoms with Crippen molar-refractivity contribution in [1.82, 2.24) is 15.3 Å². The predicted octanol–water partition coefficient (Wildman–Crippen LogP) is 5.37. The third kappa shape index (κ3) is 5.33. The van der Waals surface area contributed by atoms with Crippen LogP contribution in [-0.2, 0) is 4.74 Å². The highest BCUT2D eigenvalue weighted by atomic mass is 79.9. The van der Waals surface area contributed by atoms with Crippen molar-refractivity contribution in [3.05, 3.63) is 40.3 Å². The Hall–Kier alpha value is -1.82. The van der Waals surface area contributed by atoms with Crippen LogP contribution in [0.2, 0.25) is 0 Å². The van der Waals surface area contributed by atoms with E-state index in [1.807, 2.05) is 32.2 Å². The molecule has 0 saturated heterocycles. The first-order chi connectivity index (χ1) is 11.9. The number of unbranched alkanes of at least 4 members (excludes halogenated alkanes) is 1. The summed E-state index contributed by atoms with van der Waals surface area (Å²) in [6, 6.07) is 5.90. The first kappa shape index (κ1) is 19.5. The SMILES string of the molecule is CCCCOC(=O)NC(c1ncc(-c2ccc(Br)cc2C)[nH]1)C(C)C. The Labute approximate surface area is 157 Å². The van der Waals surface area contributed by atoms with Crippen LogP contribution in [0.15, 0.2) is 28.9 Å². The van der Waals surface area contributed by atoms with Gasteiger partial charge in [0, 0.05) is 10.0 Å². The minimum absolute atomic E-state index is 0.184. The van der Waals surface area contributed by atoms with Gasteiger partial charge >= 0.3 is 6.09 Å². The summed E-state index contributed by atoms with van der Waals surface area (Å²) in [6.07, 6.45) is 3.28. The molecule has 2 N–H and O–H groups in total. The molecule has 0 spiro atoms. The summed E-state index contributed by atoms with van der Waals surface area (Å²) in [7, 11) is 0. The van der Waals surface area contributed by atoms with Crippen LogP contribution in [-0.4, -0.2) is 22.7 Å². The van der Waals surface area contributed by atoms with E-state index in [9.17, 15) is 4.79 Å². The molecule has 0 aliphatic heterocycles. The number of hydrogen-bond acceptors (Lipinski definition) is 3. The molecule has 136 valence electrons. The van der Waals surface area contributed by atoms with E-state index < -0.39 is 6.09 Å². The lowest BCUT2D eigenvalue weighted by Crippen LogP contribution is -2.33. The topological polar surface area (TPSA) is 67.0 Å². The number of alkyl carbamates (subject to hydrolysis) is 1. The third-order valence-electron chi connectivity index (χ3n) is 4.04. The quantitative estimate of drug-likeness (QED) is 0.606. The number of ether oxygens (including phenoxy) is 1. The van der Waals surface area contributed by atoms with Crippen LogP contribution >= 0.6 is 15.9 Å². The zero-order valence-electron chi connectivity index (χ0n) is 15.2. The van der Waals surface area contributed by atoms with Crippen molar-refractivity contribution in [2.45, 2.75) is 46.6 Å². The second kappa shape index (κ2) is 9.04. The fraction of sp³-hybridized carbons (Fsp3) is 0.474. The Balaban J connectivity index is 2.14. The standard InChI is InChI=1S/C19H26BrN3O2/c1-5-6-9-25-19(24)23-17(12(2)3)18-21-11-16(22-18)15-8-7-14(20)10-13(15)4/h7-8,10-12,17H,5-6,9H2,1-4H3,(H,21,22)(H,23,24). The summed E-state index contributed by atoms with van der Waals surface area (Å²) in [6.45, 7) is 8.65. The Morgan fingerprint density at radius 2 is 2.16 bits per heavy atom. The molecule has 5 nitrogen and oxygen atoms in total. The fourth-order valence-electron chi connectivity index (χ4n) is 2.59. The predicted molar refractivity (Wildman–Crippen MR) is 103 cm³/mol. The molecule has 0 fully saturated rings. The van der Waals surface area contributed by atoms with Crippen molar-refractivity contribution >= 4 is 22.0 Å². The highest BCUT2D eigenvalue weighted by Gasteiger charge is 2.22. The molecule has 0 radical (unpaired) electrons. The van der Waals surface area contributed by atoms with E-state index in [0.717, 1.165) is 40.0 Å². The summed E-state index contributed by atoms with van der Waals surface area (Å²) in [5.41, 5.74) is 3.18. The molecular weight excluding hydrogens is 382 g/mol. The highest BCUT2D eigenvalue weighted by molar-refractivity contribution is 9.10. The number of carbonyl (C=O) groups is 1. The number of hydrogen-bond donors (Lipinski definition) is 2. The van der Waals surface area contributed by atoms with Gasteiger partial charge in [0.05, 0.1) is 24.5 Å². The van der Waals surface area contributed by atoms with Gasteiger partial charge in [-0.25, -0.2) is 9.78 Å². The normalized spacial score (nSPS) is 12.2. The first-order valence-corrected chi connectivity index (χ1v) is 9.46. The number of aromatic amines is 1. The summed E-state index contributed by atoms with van der Waals surface area (Å²) < 4.78 is 6.26. The van der Waals surface area contributed by atoms with Gasteiger partial charge in [-0.1, -0.05) is 49.2 Å². The lowest BCUT2D eigenvalue weighted by Gasteiger charge is -2.20. The zero-order valence-corrected chi connectivity index (χ0v) is 16.8. The molecule has 1 amide bonds. The van der Waals surface area contributed by atoms with Crippen LogP contribution in [0, 0.1) is 12.8 Å². The summed E-state index contributed by atoms with van der Waals surface area (Å²) in [4.78, 5) is 19.8. The van der Waals surface area contributed by atoms with E-state index >= 15 is 0 Å². The summed E-state index contributed by atoms with van der Waals surface area (Å²) in [5.74, 6) is 0.920. The van der Waals surface area contributed by atoms with Crippen molar-refractivity contribution in [2.75, 3.05) is 6.61 Å². The molecule has 0 saturated carbocycles. The number of rotatable bonds is 7. The molecule has 0 bridgehead atoms. The molecular formula is C19H26BrN3O2. The maximum Gasteiger partial charge on any atom is 0.407 e. The Morgan fingerprint density at radius 3 is 2.80 bits per heavy atom. The van der Waals surface area contributed by atoms with Crippen LogP contribution in [0.5, 0.6) is 0 Å². The molecule has 2 aromatic rings. The maximum absolute atomic E-state index is 12.0. The van der Waals surface area contributed by atoms with Crippen LogP contribution in [0.3, 0.4) is 0 Å². The van der Waals surface area contributed by atoms with E-state index in [2.05, 4.69) is 51.1 Å². The second-order valence-electron chi connectivity index (χ2n) is 6.50. The number of nitrogens with one attached hydrogen (secondary N) is 2. The first-order valence-electron chi connectivity index (χ1n) is 8.67. The van der Waals surface area contributed by atoms with E-state index in [0.29, 0.717) is 6.61 Å². The number of amides is 1. The van der Waals surface area contributed by atoms with Crippen LogP contribution in [0.1, 0.15) is 51.0 Å². The van der Waals surface area contributed by atoms with Gasteiger partial charge in [0.15, 0.2) is 0 Å². The second-order valence-corrected chi connectivity index (χ2v) is 7.41. The molecule has 6 heteroatoms. The van der Waals surface area contributed by atoms with Gasteiger partial charge in [-0.2, -0.15) is 0 Å². The number of imidazole rings is 1. The summed E-state index contributed by atoms with van der Waals surface area (Å²) in [5, 5.41) is 2.92. The number of nitrogens with zero attached hydrogens (tertiary/aromatic N) is 1. The van der Waals surface area contributed by atoms with Gasteiger partial charge in [-0.15, -0.1) is 0 Å². The molecule has 1 unspecified atom stereocenters. The van der Waals surface area contributed by atoms with Gasteiger partial charge < -0.3 is 15.0 Å². The van der Waals surface area contributed by atoms with E-state index in [-0.39, 0.29) is 12.0 Å². The largest absolute Gasteiger partial charge is 0.450 e. The monoisotopic (exact) mass is 407 g/mol. The average Bonchev–Trinajstić information content (AvgIpc) is 3.02. The van der Waals surface area contributed by atoms with Gasteiger partial charge in [-0.3, -0.25) is 0 Å². The number of H-pyrrole nitrogens is 1. The molecule has 1 heterocycles. The molecule has 0 aliphatic rings. The molecule has 2 rings (SSSR count). The van der Waals surface area contributed by atoms with E-state index in [1.54, 1.807) is 0 Å². The summed E-state index contributed by atoms with van der Waals surface area (Å²) >= 11 is 3.48. The van der Waals surface area contributed by atoms with Crippen molar-refractivity contribution in [3.63, 3.8) is 0 Å². The van der Waals surface area contributed by atoms with Crippen LogP contribution < -0.4 is 5.32 Å². The number of aryl methyl sites for hydroxylation is 1. The number of carbonyl (C=O) groups excluding carboxylic acids is 1. The fourth-order valence-corrected chi connectivity index (χ4v) is 3.06. The maximum atomic E-state index is 12.0. The van der Waals surface area contributed by atoms with Gasteiger partial charge in [0.2, 0.25) is 0 Å². The zero-order chi connectivity index (χ0) is 18.4. The Morgan fingerprint density at radius 1 is 1.40 bits per heavy atom. The van der Waals surface area contributed by atoms with Crippen molar-refractivity contribution in [1.29, 1.82) is 0 Å². The van der Waals surface area contributed by atoms with Gasteiger partial charge in [0.25, 0.3) is 0 Å². The van der Waals surface area contributed by atoms with Crippen LogP contribution in [0.4, 0.5) is 4.79 Å². The highest BCUT2D eigenvalue weighted by Crippen LogP contribution is 2.27. The lowest BCUT2D eigenvalue weighted by molar-refractivity contribution is 0.137. The number of aromatic nitrogens is 2. The van der Waals surface area contributed by atoms with Gasteiger partial charge in [0.1, 0.15) is 5.82 Å². The lowest BCUT2D eigenvalue weighted by atomic mass is 10.0.